The molecule has 4 bridgehead atoms. The molecule has 1 aromatic carbocycles. The number of piperazine rings is 1. The first kappa shape index (κ1) is 20.9. The molecule has 4 saturated carbocycles. The Hall–Kier alpha value is -0.960. The van der Waals surface area contributed by atoms with E-state index in [-0.39, 0.29) is 20.5 Å². The van der Waals surface area contributed by atoms with Gasteiger partial charge in [0, 0.05) is 36.2 Å². The van der Waals surface area contributed by atoms with Crippen molar-refractivity contribution in [3.63, 3.8) is 0 Å². The quantitative estimate of drug-likeness (QED) is 0.650. The van der Waals surface area contributed by atoms with Gasteiger partial charge in [-0.05, 0) is 75.6 Å². The zero-order valence-corrected chi connectivity index (χ0v) is 19.8. The van der Waals surface area contributed by atoms with Crippen molar-refractivity contribution in [2.75, 3.05) is 38.5 Å². The summed E-state index contributed by atoms with van der Waals surface area (Å²) < 4.78 is 27.8. The summed E-state index contributed by atoms with van der Waals surface area (Å²) >= 11 is 3.96. The number of rotatable bonds is 4. The van der Waals surface area contributed by atoms with Gasteiger partial charge >= 0.3 is 0 Å². The van der Waals surface area contributed by atoms with Crippen LogP contribution >= 0.6 is 15.9 Å². The van der Waals surface area contributed by atoms with Crippen molar-refractivity contribution < 1.29 is 13.2 Å². The third kappa shape index (κ3) is 3.63. The number of carbonyl (C=O) groups excluding carboxylic acids is 1. The first-order chi connectivity index (χ1) is 14.2. The summed E-state index contributed by atoms with van der Waals surface area (Å²) in [5.74, 6) is 1.32. The van der Waals surface area contributed by atoms with Crippen LogP contribution in [0.25, 0.3) is 0 Å². The number of alkyl halides is 1. The van der Waals surface area contributed by atoms with Crippen LogP contribution in [0.2, 0.25) is 0 Å². The molecule has 1 aromatic rings. The standard InChI is InChI=1S/C22H30BrN3O3S/c1-25-5-7-26(8-6-25)30(28,29)19-4-2-3-18(10-19)24-20(27)21-11-16-9-17(12-21)14-22(23,13-16)15-21/h2-4,10,16-17H,5-9,11-15H2,1H3,(H,24,27). The Balaban J connectivity index is 1.35. The van der Waals surface area contributed by atoms with Crippen LogP contribution in [0.15, 0.2) is 29.2 Å². The number of hydrogen-bond donors (Lipinski definition) is 1. The highest BCUT2D eigenvalue weighted by molar-refractivity contribution is 9.10. The second-order valence-electron chi connectivity index (χ2n) is 10.1. The van der Waals surface area contributed by atoms with Gasteiger partial charge < -0.3 is 10.2 Å². The third-order valence-electron chi connectivity index (χ3n) is 7.66. The molecule has 1 heterocycles. The molecule has 1 aliphatic heterocycles. The van der Waals surface area contributed by atoms with E-state index in [0.717, 1.165) is 32.4 Å². The Morgan fingerprint density at radius 3 is 2.40 bits per heavy atom. The number of benzene rings is 1. The van der Waals surface area contributed by atoms with Crippen molar-refractivity contribution >= 4 is 37.5 Å². The first-order valence-electron chi connectivity index (χ1n) is 11.0. The highest BCUT2D eigenvalue weighted by Gasteiger charge is 2.59. The van der Waals surface area contributed by atoms with Gasteiger partial charge in [0.05, 0.1) is 10.3 Å². The summed E-state index contributed by atoms with van der Waals surface area (Å²) in [6, 6.07) is 6.77. The Labute approximate surface area is 187 Å². The molecule has 4 aliphatic carbocycles. The van der Waals surface area contributed by atoms with Crippen molar-refractivity contribution in [2.24, 2.45) is 17.3 Å². The summed E-state index contributed by atoms with van der Waals surface area (Å²) in [5.41, 5.74) is 0.259. The van der Waals surface area contributed by atoms with Crippen molar-refractivity contribution in [1.82, 2.24) is 9.21 Å². The van der Waals surface area contributed by atoms with Crippen molar-refractivity contribution in [1.29, 1.82) is 0 Å². The summed E-state index contributed by atoms with van der Waals surface area (Å²) in [6.45, 7) is 2.45. The minimum absolute atomic E-state index is 0.0644. The number of likely N-dealkylation sites (N-methyl/N-ethyl adjacent to an activating group) is 1. The first-order valence-corrected chi connectivity index (χ1v) is 13.2. The molecule has 1 saturated heterocycles. The smallest absolute Gasteiger partial charge is 0.243 e. The van der Waals surface area contributed by atoms with Crippen LogP contribution in [0.1, 0.15) is 38.5 Å². The van der Waals surface area contributed by atoms with Gasteiger partial charge in [0.1, 0.15) is 0 Å². The number of halogens is 1. The predicted molar refractivity (Wildman–Crippen MR) is 120 cm³/mol. The van der Waals surface area contributed by atoms with E-state index in [9.17, 15) is 13.2 Å². The molecule has 164 valence electrons. The monoisotopic (exact) mass is 495 g/mol. The van der Waals surface area contributed by atoms with Gasteiger partial charge in [-0.15, -0.1) is 0 Å². The number of sulfonamides is 1. The Kier molecular flexibility index (Phi) is 5.08. The maximum atomic E-state index is 13.4. The molecule has 8 heteroatoms. The normalized spacial score (nSPS) is 36.7. The fourth-order valence-corrected chi connectivity index (χ4v) is 9.51. The lowest BCUT2D eigenvalue weighted by Crippen LogP contribution is -2.57. The topological polar surface area (TPSA) is 69.7 Å². The number of amides is 1. The molecular formula is C22H30BrN3O3S. The molecule has 6 nitrogen and oxygen atoms in total. The number of hydrogen-bond acceptors (Lipinski definition) is 4. The van der Waals surface area contributed by atoms with E-state index >= 15 is 0 Å². The Bertz CT molecular complexity index is 944. The van der Waals surface area contributed by atoms with Gasteiger partial charge in [0.2, 0.25) is 15.9 Å². The highest BCUT2D eigenvalue weighted by atomic mass is 79.9. The van der Waals surface area contributed by atoms with E-state index in [1.54, 1.807) is 28.6 Å². The van der Waals surface area contributed by atoms with E-state index in [1.165, 1.54) is 19.3 Å². The number of nitrogens with zero attached hydrogens (tertiary/aromatic N) is 2. The minimum atomic E-state index is -3.55. The average Bonchev–Trinajstić information content (AvgIpc) is 2.66. The Morgan fingerprint density at radius 2 is 1.77 bits per heavy atom. The van der Waals surface area contributed by atoms with Crippen LogP contribution in [0, 0.1) is 17.3 Å². The van der Waals surface area contributed by atoms with Crippen LogP contribution in [0.4, 0.5) is 5.69 Å². The van der Waals surface area contributed by atoms with E-state index < -0.39 is 10.0 Å². The number of anilines is 1. The molecule has 5 fully saturated rings. The second kappa shape index (κ2) is 7.29. The molecule has 30 heavy (non-hydrogen) atoms. The SMILES string of the molecule is CN1CCN(S(=O)(=O)c2cccc(NC(=O)C34CC5CC(CC(Br)(C5)C3)C4)c2)CC1. The second-order valence-corrected chi connectivity index (χ2v) is 13.7. The van der Waals surface area contributed by atoms with Crippen LogP contribution in [-0.2, 0) is 14.8 Å². The zero-order valence-electron chi connectivity index (χ0n) is 17.4. The fourth-order valence-electron chi connectivity index (χ4n) is 6.59. The lowest BCUT2D eigenvalue weighted by Gasteiger charge is -2.59. The third-order valence-corrected chi connectivity index (χ3v) is 10.5. The predicted octanol–water partition coefficient (Wildman–Crippen LogP) is 3.30. The van der Waals surface area contributed by atoms with Crippen molar-refractivity contribution in [3.05, 3.63) is 24.3 Å². The lowest BCUT2D eigenvalue weighted by atomic mass is 9.49. The average molecular weight is 496 g/mol. The molecule has 5 aliphatic rings. The van der Waals surface area contributed by atoms with Gasteiger partial charge in [0.25, 0.3) is 0 Å². The molecule has 6 rings (SSSR count). The molecule has 1 amide bonds. The van der Waals surface area contributed by atoms with Crippen LogP contribution < -0.4 is 5.32 Å². The number of carbonyl (C=O) groups is 1. The summed E-state index contributed by atoms with van der Waals surface area (Å²) in [4.78, 5) is 15.8. The lowest BCUT2D eigenvalue weighted by molar-refractivity contribution is -0.138. The van der Waals surface area contributed by atoms with Gasteiger partial charge in [-0.3, -0.25) is 4.79 Å². The van der Waals surface area contributed by atoms with E-state index in [4.69, 9.17) is 0 Å². The minimum Gasteiger partial charge on any atom is -0.326 e. The summed E-state index contributed by atoms with van der Waals surface area (Å²) in [6.07, 6.45) is 6.41. The molecule has 0 aromatic heterocycles. The van der Waals surface area contributed by atoms with Gasteiger partial charge in [-0.25, -0.2) is 8.42 Å². The van der Waals surface area contributed by atoms with Crippen molar-refractivity contribution in [2.45, 2.75) is 47.7 Å². The molecule has 2 atom stereocenters. The van der Waals surface area contributed by atoms with Crippen LogP contribution in [0.3, 0.4) is 0 Å². The van der Waals surface area contributed by atoms with Crippen LogP contribution in [0.5, 0.6) is 0 Å². The van der Waals surface area contributed by atoms with Crippen molar-refractivity contribution in [3.8, 4) is 0 Å². The molecular weight excluding hydrogens is 466 g/mol. The van der Waals surface area contributed by atoms with E-state index in [0.29, 0.717) is 30.6 Å². The Morgan fingerprint density at radius 1 is 1.10 bits per heavy atom. The van der Waals surface area contributed by atoms with E-state index in [2.05, 4.69) is 26.1 Å². The van der Waals surface area contributed by atoms with Gasteiger partial charge in [0.15, 0.2) is 0 Å². The fraction of sp³-hybridized carbons (Fsp3) is 0.682. The van der Waals surface area contributed by atoms with Gasteiger partial charge in [-0.2, -0.15) is 4.31 Å². The van der Waals surface area contributed by atoms with Crippen LogP contribution in [-0.4, -0.2) is 61.1 Å². The van der Waals surface area contributed by atoms with Gasteiger partial charge in [-0.1, -0.05) is 22.0 Å². The maximum absolute atomic E-state index is 13.4. The zero-order chi connectivity index (χ0) is 21.1. The largest absolute Gasteiger partial charge is 0.326 e. The molecule has 1 N–H and O–H groups in total. The molecule has 2 unspecified atom stereocenters. The summed E-state index contributed by atoms with van der Waals surface area (Å²) in [7, 11) is -1.55. The molecule has 0 radical (unpaired) electrons. The highest BCUT2D eigenvalue weighted by Crippen LogP contribution is 2.64. The maximum Gasteiger partial charge on any atom is 0.243 e. The van der Waals surface area contributed by atoms with E-state index in [1.807, 2.05) is 7.05 Å². The molecule has 0 spiro atoms. The number of nitrogens with one attached hydrogen (secondary N) is 1. The summed E-state index contributed by atoms with van der Waals surface area (Å²) in [5, 5.41) is 3.09.